The van der Waals surface area contributed by atoms with Crippen LogP contribution in [0.15, 0.2) is 6.07 Å². The summed E-state index contributed by atoms with van der Waals surface area (Å²) in [6.07, 6.45) is 2.63. The third kappa shape index (κ3) is 3.50. The number of thiophene rings is 1. The third-order valence-electron chi connectivity index (χ3n) is 2.05. The average Bonchev–Trinajstić information content (AvgIpc) is 2.62. The largest absolute Gasteiger partial charge is 0.492 e. The molecule has 0 aliphatic rings. The predicted molar refractivity (Wildman–Crippen MR) is 64.4 cm³/mol. The van der Waals surface area contributed by atoms with Gasteiger partial charge in [0, 0.05) is 4.88 Å². The molecule has 5 heteroatoms. The number of aryl methyl sites for hydroxylation is 1. The number of carbonyl (C=O) groups is 1. The van der Waals surface area contributed by atoms with E-state index in [9.17, 15) is 4.79 Å². The minimum atomic E-state index is -0.921. The Bertz CT molecular complexity index is 349. The molecule has 0 spiro atoms. The lowest BCUT2D eigenvalue weighted by molar-refractivity contribution is 0.0698. The molecule has 3 N–H and O–H groups in total. The van der Waals surface area contributed by atoms with Crippen molar-refractivity contribution in [3.05, 3.63) is 15.8 Å². The first-order valence-corrected chi connectivity index (χ1v) is 6.19. The van der Waals surface area contributed by atoms with Crippen LogP contribution < -0.4 is 10.5 Å². The summed E-state index contributed by atoms with van der Waals surface area (Å²) in [7, 11) is 0. The van der Waals surface area contributed by atoms with Crippen molar-refractivity contribution in [3.8, 4) is 5.75 Å². The van der Waals surface area contributed by atoms with Gasteiger partial charge in [0.15, 0.2) is 4.88 Å². The van der Waals surface area contributed by atoms with Gasteiger partial charge in [0.25, 0.3) is 0 Å². The zero-order valence-electron chi connectivity index (χ0n) is 9.36. The summed E-state index contributed by atoms with van der Waals surface area (Å²) >= 11 is 1.29. The zero-order chi connectivity index (χ0) is 12.0. The lowest BCUT2D eigenvalue weighted by Gasteiger charge is -2.03. The minimum Gasteiger partial charge on any atom is -0.492 e. The highest BCUT2D eigenvalue weighted by Gasteiger charge is 2.16. The van der Waals surface area contributed by atoms with Crippen molar-refractivity contribution in [1.29, 1.82) is 0 Å². The maximum Gasteiger partial charge on any atom is 0.349 e. The molecule has 0 aliphatic carbocycles. The number of rotatable bonds is 7. The molecule has 0 saturated heterocycles. The lowest BCUT2D eigenvalue weighted by Crippen LogP contribution is -2.07. The molecule has 1 aromatic heterocycles. The summed E-state index contributed by atoms with van der Waals surface area (Å²) in [5.41, 5.74) is 5.35. The Labute approximate surface area is 99.0 Å². The second kappa shape index (κ2) is 6.50. The van der Waals surface area contributed by atoms with E-state index in [1.807, 2.05) is 6.07 Å². The summed E-state index contributed by atoms with van der Waals surface area (Å²) < 4.78 is 5.42. The van der Waals surface area contributed by atoms with Gasteiger partial charge in [0.05, 0.1) is 6.61 Å². The summed E-state index contributed by atoms with van der Waals surface area (Å²) in [4.78, 5) is 12.3. The van der Waals surface area contributed by atoms with Gasteiger partial charge >= 0.3 is 5.97 Å². The molecule has 0 atom stereocenters. The second-order valence-corrected chi connectivity index (χ2v) is 4.59. The Balaban J connectivity index is 2.74. The fourth-order valence-electron chi connectivity index (χ4n) is 1.31. The van der Waals surface area contributed by atoms with Crippen LogP contribution in [0.4, 0.5) is 0 Å². The molecule has 16 heavy (non-hydrogen) atoms. The molecule has 1 rings (SSSR count). The Kier molecular flexibility index (Phi) is 5.28. The second-order valence-electron chi connectivity index (χ2n) is 3.45. The van der Waals surface area contributed by atoms with Crippen molar-refractivity contribution < 1.29 is 14.6 Å². The van der Waals surface area contributed by atoms with Crippen molar-refractivity contribution in [1.82, 2.24) is 0 Å². The molecular weight excluding hydrogens is 226 g/mol. The van der Waals surface area contributed by atoms with Gasteiger partial charge in [-0.3, -0.25) is 0 Å². The van der Waals surface area contributed by atoms with Crippen LogP contribution in [0, 0.1) is 0 Å². The Morgan fingerprint density at radius 3 is 2.94 bits per heavy atom. The Morgan fingerprint density at radius 2 is 2.38 bits per heavy atom. The maximum absolute atomic E-state index is 11.0. The smallest absolute Gasteiger partial charge is 0.349 e. The van der Waals surface area contributed by atoms with Crippen LogP contribution in [0.1, 0.15) is 34.3 Å². The standard InChI is InChI=1S/C11H17NO3S/c1-2-4-8-7-9(15-6-3-5-12)10(16-8)11(13)14/h7H,2-6,12H2,1H3,(H,13,14). The van der Waals surface area contributed by atoms with Gasteiger partial charge < -0.3 is 15.6 Å². The van der Waals surface area contributed by atoms with Crippen molar-refractivity contribution in [2.75, 3.05) is 13.2 Å². The van der Waals surface area contributed by atoms with E-state index < -0.39 is 5.97 Å². The molecular formula is C11H17NO3S. The topological polar surface area (TPSA) is 72.5 Å². The number of aromatic carboxylic acids is 1. The van der Waals surface area contributed by atoms with Gasteiger partial charge in [-0.25, -0.2) is 4.79 Å². The first kappa shape index (κ1) is 13.0. The molecule has 0 amide bonds. The van der Waals surface area contributed by atoms with E-state index in [1.54, 1.807) is 0 Å². The maximum atomic E-state index is 11.0. The zero-order valence-corrected chi connectivity index (χ0v) is 10.2. The molecule has 1 heterocycles. The fraction of sp³-hybridized carbons (Fsp3) is 0.545. The third-order valence-corrected chi connectivity index (χ3v) is 3.21. The summed E-state index contributed by atoms with van der Waals surface area (Å²) in [6, 6.07) is 1.83. The van der Waals surface area contributed by atoms with Gasteiger partial charge in [0.1, 0.15) is 5.75 Å². The van der Waals surface area contributed by atoms with E-state index >= 15 is 0 Å². The summed E-state index contributed by atoms with van der Waals surface area (Å²) in [5, 5.41) is 9.01. The van der Waals surface area contributed by atoms with E-state index in [1.165, 1.54) is 11.3 Å². The van der Waals surface area contributed by atoms with Gasteiger partial charge in [-0.15, -0.1) is 11.3 Å². The van der Waals surface area contributed by atoms with Gasteiger partial charge in [-0.05, 0) is 25.5 Å². The first-order valence-electron chi connectivity index (χ1n) is 5.38. The molecule has 90 valence electrons. The highest BCUT2D eigenvalue weighted by atomic mass is 32.1. The van der Waals surface area contributed by atoms with Crippen LogP contribution in [0.3, 0.4) is 0 Å². The molecule has 0 radical (unpaired) electrons. The van der Waals surface area contributed by atoms with Crippen molar-refractivity contribution in [2.24, 2.45) is 5.73 Å². The number of hydrogen-bond acceptors (Lipinski definition) is 4. The number of ether oxygens (including phenoxy) is 1. The van der Waals surface area contributed by atoms with Gasteiger partial charge in [0.2, 0.25) is 0 Å². The van der Waals surface area contributed by atoms with E-state index in [4.69, 9.17) is 15.6 Å². The van der Waals surface area contributed by atoms with Crippen molar-refractivity contribution in [3.63, 3.8) is 0 Å². The van der Waals surface area contributed by atoms with Crippen LogP contribution in [0.2, 0.25) is 0 Å². The first-order chi connectivity index (χ1) is 7.69. The molecule has 1 aromatic rings. The number of hydrogen-bond donors (Lipinski definition) is 2. The van der Waals surface area contributed by atoms with Crippen LogP contribution in [0.25, 0.3) is 0 Å². The lowest BCUT2D eigenvalue weighted by atomic mass is 10.3. The normalized spacial score (nSPS) is 10.4. The Morgan fingerprint density at radius 1 is 1.62 bits per heavy atom. The number of nitrogens with two attached hydrogens (primary N) is 1. The quantitative estimate of drug-likeness (QED) is 0.719. The number of carboxylic acids is 1. The SMILES string of the molecule is CCCc1cc(OCCCN)c(C(=O)O)s1. The van der Waals surface area contributed by atoms with Crippen LogP contribution >= 0.6 is 11.3 Å². The van der Waals surface area contributed by atoms with Crippen LogP contribution in [-0.2, 0) is 6.42 Å². The van der Waals surface area contributed by atoms with E-state index in [-0.39, 0.29) is 0 Å². The van der Waals surface area contributed by atoms with E-state index in [0.717, 1.165) is 24.1 Å². The average molecular weight is 243 g/mol. The monoisotopic (exact) mass is 243 g/mol. The molecule has 0 aliphatic heterocycles. The van der Waals surface area contributed by atoms with Crippen LogP contribution in [-0.4, -0.2) is 24.2 Å². The number of carboxylic acid groups (broad SMARTS) is 1. The van der Waals surface area contributed by atoms with Crippen molar-refractivity contribution >= 4 is 17.3 Å². The molecule has 0 saturated carbocycles. The molecule has 0 bridgehead atoms. The van der Waals surface area contributed by atoms with Gasteiger partial charge in [-0.2, -0.15) is 0 Å². The van der Waals surface area contributed by atoms with E-state index in [2.05, 4.69) is 6.92 Å². The minimum absolute atomic E-state index is 0.292. The summed E-state index contributed by atoms with van der Waals surface area (Å²) in [6.45, 7) is 3.09. The summed E-state index contributed by atoms with van der Waals surface area (Å²) in [5.74, 6) is -0.440. The van der Waals surface area contributed by atoms with Crippen molar-refractivity contribution in [2.45, 2.75) is 26.2 Å². The molecule has 0 fully saturated rings. The van der Waals surface area contributed by atoms with E-state index in [0.29, 0.717) is 23.8 Å². The highest BCUT2D eigenvalue weighted by Crippen LogP contribution is 2.30. The predicted octanol–water partition coefficient (Wildman–Crippen LogP) is 2.13. The van der Waals surface area contributed by atoms with Gasteiger partial charge in [-0.1, -0.05) is 13.3 Å². The van der Waals surface area contributed by atoms with Crippen LogP contribution in [0.5, 0.6) is 5.75 Å². The highest BCUT2D eigenvalue weighted by molar-refractivity contribution is 7.14. The molecule has 0 unspecified atom stereocenters. The molecule has 4 nitrogen and oxygen atoms in total. The Hall–Kier alpha value is -1.07. The molecule has 0 aromatic carbocycles. The fourth-order valence-corrected chi connectivity index (χ4v) is 2.35.